The molecule has 0 aromatic carbocycles. The second-order valence-corrected chi connectivity index (χ2v) is 5.39. The third-order valence-corrected chi connectivity index (χ3v) is 3.23. The zero-order valence-electron chi connectivity index (χ0n) is 13.4. The van der Waals surface area contributed by atoms with Gasteiger partial charge in [0.1, 0.15) is 12.4 Å². The number of hydrogen-bond donors (Lipinski definition) is 1. The number of pyridine rings is 1. The quantitative estimate of drug-likeness (QED) is 0.714. The van der Waals surface area contributed by atoms with Gasteiger partial charge in [-0.25, -0.2) is 0 Å². The summed E-state index contributed by atoms with van der Waals surface area (Å²) in [5.41, 5.74) is 1.06. The van der Waals surface area contributed by atoms with E-state index in [0.717, 1.165) is 44.2 Å². The van der Waals surface area contributed by atoms with Gasteiger partial charge in [0.25, 0.3) is 0 Å². The zero-order valence-corrected chi connectivity index (χ0v) is 13.4. The van der Waals surface area contributed by atoms with Crippen LogP contribution in [0.25, 0.3) is 0 Å². The van der Waals surface area contributed by atoms with Crippen molar-refractivity contribution in [2.45, 2.75) is 34.2 Å². The molecule has 1 heterocycles. The first-order chi connectivity index (χ1) is 9.65. The highest BCUT2D eigenvalue weighted by Crippen LogP contribution is 2.09. The van der Waals surface area contributed by atoms with Crippen LogP contribution in [0.5, 0.6) is 5.75 Å². The van der Waals surface area contributed by atoms with Crippen molar-refractivity contribution in [2.75, 3.05) is 32.8 Å². The summed E-state index contributed by atoms with van der Waals surface area (Å²) in [5.74, 6) is 1.52. The summed E-state index contributed by atoms with van der Waals surface area (Å²) in [6.45, 7) is 14.4. The van der Waals surface area contributed by atoms with Crippen LogP contribution < -0.4 is 10.1 Å². The van der Waals surface area contributed by atoms with E-state index in [4.69, 9.17) is 4.74 Å². The molecule has 0 unspecified atom stereocenters. The van der Waals surface area contributed by atoms with Gasteiger partial charge < -0.3 is 15.0 Å². The van der Waals surface area contributed by atoms with Crippen LogP contribution in [0.15, 0.2) is 18.3 Å². The molecular formula is C16H29N3O. The Balaban J connectivity index is 2.28. The molecule has 0 aliphatic heterocycles. The van der Waals surface area contributed by atoms with Crippen LogP contribution in [0.4, 0.5) is 0 Å². The second kappa shape index (κ2) is 9.72. The van der Waals surface area contributed by atoms with Gasteiger partial charge >= 0.3 is 0 Å². The number of hydrogen-bond acceptors (Lipinski definition) is 4. The molecule has 0 amide bonds. The lowest BCUT2D eigenvalue weighted by Crippen LogP contribution is -2.27. The number of nitrogens with zero attached hydrogens (tertiary/aromatic N) is 2. The number of ether oxygens (including phenoxy) is 1. The molecule has 0 aliphatic carbocycles. The van der Waals surface area contributed by atoms with Crippen LogP contribution in [-0.4, -0.2) is 42.7 Å². The van der Waals surface area contributed by atoms with Gasteiger partial charge in [-0.2, -0.15) is 0 Å². The third kappa shape index (κ3) is 6.87. The smallest absolute Gasteiger partial charge is 0.137 e. The maximum absolute atomic E-state index is 5.71. The van der Waals surface area contributed by atoms with Crippen molar-refractivity contribution in [2.24, 2.45) is 5.92 Å². The van der Waals surface area contributed by atoms with E-state index in [0.29, 0.717) is 12.5 Å². The Morgan fingerprint density at radius 2 is 2.00 bits per heavy atom. The summed E-state index contributed by atoms with van der Waals surface area (Å²) in [7, 11) is 0. The predicted molar refractivity (Wildman–Crippen MR) is 84.1 cm³/mol. The molecule has 0 fully saturated rings. The summed E-state index contributed by atoms with van der Waals surface area (Å²) in [5, 5.41) is 3.38. The third-order valence-electron chi connectivity index (χ3n) is 3.23. The highest BCUT2D eigenvalue weighted by atomic mass is 16.5. The number of aromatic nitrogens is 1. The van der Waals surface area contributed by atoms with Crippen molar-refractivity contribution in [3.63, 3.8) is 0 Å². The molecule has 0 aliphatic rings. The highest BCUT2D eigenvalue weighted by molar-refractivity contribution is 5.19. The highest BCUT2D eigenvalue weighted by Gasteiger charge is 2.01. The minimum Gasteiger partial charge on any atom is -0.491 e. The zero-order chi connectivity index (χ0) is 14.8. The summed E-state index contributed by atoms with van der Waals surface area (Å²) >= 11 is 0. The minimum atomic E-state index is 0.665. The number of likely N-dealkylation sites (N-methyl/N-ethyl adjacent to an activating group) is 1. The van der Waals surface area contributed by atoms with Crippen molar-refractivity contribution in [1.82, 2.24) is 15.2 Å². The number of nitrogens with one attached hydrogen (secondary N) is 1. The maximum Gasteiger partial charge on any atom is 0.137 e. The average Bonchev–Trinajstić information content (AvgIpc) is 2.45. The Bertz CT molecular complexity index is 347. The molecule has 0 saturated heterocycles. The van der Waals surface area contributed by atoms with Gasteiger partial charge in [-0.15, -0.1) is 0 Å². The lowest BCUT2D eigenvalue weighted by molar-refractivity contribution is 0.222. The van der Waals surface area contributed by atoms with E-state index >= 15 is 0 Å². The molecule has 4 nitrogen and oxygen atoms in total. The van der Waals surface area contributed by atoms with Crippen LogP contribution in [-0.2, 0) is 6.54 Å². The van der Waals surface area contributed by atoms with Gasteiger partial charge in [0.05, 0.1) is 11.9 Å². The van der Waals surface area contributed by atoms with Gasteiger partial charge in [0, 0.05) is 13.1 Å². The first-order valence-corrected chi connectivity index (χ1v) is 7.66. The Labute approximate surface area is 123 Å². The normalized spacial score (nSPS) is 11.3. The van der Waals surface area contributed by atoms with Crippen LogP contribution >= 0.6 is 0 Å². The van der Waals surface area contributed by atoms with E-state index < -0.39 is 0 Å². The Morgan fingerprint density at radius 3 is 2.55 bits per heavy atom. The van der Waals surface area contributed by atoms with Gasteiger partial charge in [-0.05, 0) is 37.7 Å². The topological polar surface area (TPSA) is 37.4 Å². The second-order valence-electron chi connectivity index (χ2n) is 5.39. The molecule has 114 valence electrons. The number of rotatable bonds is 10. The van der Waals surface area contributed by atoms with Crippen LogP contribution in [0.1, 0.15) is 33.4 Å². The monoisotopic (exact) mass is 279 g/mol. The van der Waals surface area contributed by atoms with Crippen molar-refractivity contribution >= 4 is 0 Å². The largest absolute Gasteiger partial charge is 0.491 e. The van der Waals surface area contributed by atoms with Gasteiger partial charge in [-0.3, -0.25) is 4.98 Å². The Morgan fingerprint density at radius 1 is 1.25 bits per heavy atom. The molecule has 0 spiro atoms. The predicted octanol–water partition coefficient (Wildman–Crippen LogP) is 2.55. The first-order valence-electron chi connectivity index (χ1n) is 7.66. The standard InChI is InChI=1S/C16H29N3O/c1-5-19(6-2)9-10-20-16-8-7-15(18-13-16)12-17-11-14(3)4/h7-8,13-14,17H,5-6,9-12H2,1-4H3. The van der Waals surface area contributed by atoms with E-state index in [1.807, 2.05) is 18.3 Å². The Kier molecular flexibility index (Phi) is 8.23. The fraction of sp³-hybridized carbons (Fsp3) is 0.688. The van der Waals surface area contributed by atoms with Crippen molar-refractivity contribution < 1.29 is 4.74 Å². The molecule has 4 heteroatoms. The van der Waals surface area contributed by atoms with E-state index in [1.165, 1.54) is 0 Å². The van der Waals surface area contributed by atoms with E-state index in [1.54, 1.807) is 0 Å². The van der Waals surface area contributed by atoms with Crippen LogP contribution in [0.3, 0.4) is 0 Å². The van der Waals surface area contributed by atoms with Gasteiger partial charge in [0.15, 0.2) is 0 Å². The minimum absolute atomic E-state index is 0.665. The lowest BCUT2D eigenvalue weighted by atomic mass is 10.2. The molecule has 0 radical (unpaired) electrons. The van der Waals surface area contributed by atoms with Crippen molar-refractivity contribution in [3.8, 4) is 5.75 Å². The lowest BCUT2D eigenvalue weighted by Gasteiger charge is -2.17. The molecule has 0 bridgehead atoms. The van der Waals surface area contributed by atoms with E-state index in [-0.39, 0.29) is 0 Å². The Hall–Kier alpha value is -1.13. The molecule has 1 rings (SSSR count). The molecule has 1 aromatic heterocycles. The summed E-state index contributed by atoms with van der Waals surface area (Å²) in [4.78, 5) is 6.76. The summed E-state index contributed by atoms with van der Waals surface area (Å²) in [6.07, 6.45) is 1.81. The van der Waals surface area contributed by atoms with Crippen molar-refractivity contribution in [1.29, 1.82) is 0 Å². The fourth-order valence-electron chi connectivity index (χ4n) is 1.92. The molecule has 1 aromatic rings. The SMILES string of the molecule is CCN(CC)CCOc1ccc(CNCC(C)C)nc1. The molecule has 0 atom stereocenters. The van der Waals surface area contributed by atoms with E-state index in [2.05, 4.69) is 42.9 Å². The summed E-state index contributed by atoms with van der Waals surface area (Å²) < 4.78 is 5.71. The van der Waals surface area contributed by atoms with Crippen LogP contribution in [0.2, 0.25) is 0 Å². The fourth-order valence-corrected chi connectivity index (χ4v) is 1.92. The molecule has 0 saturated carbocycles. The van der Waals surface area contributed by atoms with Crippen molar-refractivity contribution in [3.05, 3.63) is 24.0 Å². The summed E-state index contributed by atoms with van der Waals surface area (Å²) in [6, 6.07) is 4.03. The average molecular weight is 279 g/mol. The molecular weight excluding hydrogens is 250 g/mol. The molecule has 1 N–H and O–H groups in total. The first kappa shape index (κ1) is 16.9. The van der Waals surface area contributed by atoms with Crippen LogP contribution in [0, 0.1) is 5.92 Å². The van der Waals surface area contributed by atoms with E-state index in [9.17, 15) is 0 Å². The maximum atomic E-state index is 5.71. The van der Waals surface area contributed by atoms with Gasteiger partial charge in [0.2, 0.25) is 0 Å². The molecule has 20 heavy (non-hydrogen) atoms. The van der Waals surface area contributed by atoms with Gasteiger partial charge in [-0.1, -0.05) is 27.7 Å².